The molecule has 0 aromatic carbocycles. The summed E-state index contributed by atoms with van der Waals surface area (Å²) in [6.07, 6.45) is 1.19. The van der Waals surface area contributed by atoms with Crippen LogP contribution >= 0.6 is 15.9 Å². The molecule has 1 aromatic rings. The van der Waals surface area contributed by atoms with E-state index in [-0.39, 0.29) is 12.1 Å². The van der Waals surface area contributed by atoms with Gasteiger partial charge in [-0.2, -0.15) is 0 Å². The molecule has 0 bridgehead atoms. The highest BCUT2D eigenvalue weighted by Crippen LogP contribution is 2.14. The molecule has 0 aliphatic carbocycles. The number of nitrogens with one attached hydrogen (secondary N) is 1. The van der Waals surface area contributed by atoms with Crippen LogP contribution in [0.4, 0.5) is 5.82 Å². The highest BCUT2D eigenvalue weighted by molar-refractivity contribution is 9.10. The molecule has 0 aliphatic rings. The number of halogens is 1. The minimum Gasteiger partial charge on any atom is -0.393 e. The molecule has 90 valence electrons. The zero-order valence-corrected chi connectivity index (χ0v) is 11.5. The van der Waals surface area contributed by atoms with Crippen LogP contribution in [0.5, 0.6) is 0 Å². The number of aliphatic hydroxyl groups is 1. The fourth-order valence-electron chi connectivity index (χ4n) is 1.52. The summed E-state index contributed by atoms with van der Waals surface area (Å²) < 4.78 is 0.783. The SMILES string of the molecule is CCc1nc(Br)cc(NC(C)CC(C)O)n1. The normalized spacial score (nSPS) is 14.6. The summed E-state index contributed by atoms with van der Waals surface area (Å²) in [6.45, 7) is 5.82. The summed E-state index contributed by atoms with van der Waals surface area (Å²) in [5.74, 6) is 1.60. The third kappa shape index (κ3) is 4.45. The Bertz CT molecular complexity index is 344. The van der Waals surface area contributed by atoms with Crippen molar-refractivity contribution in [1.82, 2.24) is 9.97 Å². The van der Waals surface area contributed by atoms with Gasteiger partial charge in [0, 0.05) is 18.5 Å². The maximum Gasteiger partial charge on any atom is 0.131 e. The molecule has 5 heteroatoms. The monoisotopic (exact) mass is 287 g/mol. The van der Waals surface area contributed by atoms with Gasteiger partial charge in [-0.25, -0.2) is 9.97 Å². The lowest BCUT2D eigenvalue weighted by Gasteiger charge is -2.16. The standard InChI is InChI=1S/C11H18BrN3O/c1-4-10-14-9(12)6-11(15-10)13-7(2)5-8(3)16/h6-8,16H,4-5H2,1-3H3,(H,13,14,15). The highest BCUT2D eigenvalue weighted by atomic mass is 79.9. The topological polar surface area (TPSA) is 58.0 Å². The van der Waals surface area contributed by atoms with Crippen LogP contribution in [-0.4, -0.2) is 27.2 Å². The van der Waals surface area contributed by atoms with Gasteiger partial charge >= 0.3 is 0 Å². The van der Waals surface area contributed by atoms with Crippen molar-refractivity contribution >= 4 is 21.7 Å². The van der Waals surface area contributed by atoms with Crippen molar-refractivity contribution in [3.8, 4) is 0 Å². The molecule has 1 heterocycles. The van der Waals surface area contributed by atoms with Gasteiger partial charge in [0.1, 0.15) is 16.2 Å². The first-order chi connectivity index (χ1) is 7.51. The first kappa shape index (κ1) is 13.4. The number of anilines is 1. The van der Waals surface area contributed by atoms with Gasteiger partial charge in [-0.3, -0.25) is 0 Å². The number of aliphatic hydroxyl groups excluding tert-OH is 1. The van der Waals surface area contributed by atoms with E-state index in [4.69, 9.17) is 0 Å². The lowest BCUT2D eigenvalue weighted by molar-refractivity contribution is 0.179. The van der Waals surface area contributed by atoms with E-state index >= 15 is 0 Å². The average molecular weight is 288 g/mol. The fourth-order valence-corrected chi connectivity index (χ4v) is 1.94. The van der Waals surface area contributed by atoms with Crippen molar-refractivity contribution < 1.29 is 5.11 Å². The van der Waals surface area contributed by atoms with Gasteiger partial charge in [0.15, 0.2) is 0 Å². The Morgan fingerprint density at radius 3 is 2.69 bits per heavy atom. The number of hydrogen-bond acceptors (Lipinski definition) is 4. The van der Waals surface area contributed by atoms with Gasteiger partial charge in [-0.05, 0) is 36.2 Å². The molecule has 0 radical (unpaired) electrons. The molecule has 0 amide bonds. The number of aromatic nitrogens is 2. The zero-order valence-electron chi connectivity index (χ0n) is 9.87. The van der Waals surface area contributed by atoms with E-state index in [1.807, 2.05) is 19.9 Å². The second-order valence-corrected chi connectivity index (χ2v) is 4.79. The van der Waals surface area contributed by atoms with Crippen molar-refractivity contribution in [3.63, 3.8) is 0 Å². The molecule has 4 nitrogen and oxygen atoms in total. The average Bonchev–Trinajstić information content (AvgIpc) is 2.14. The molecule has 0 fully saturated rings. The van der Waals surface area contributed by atoms with Gasteiger partial charge in [0.2, 0.25) is 0 Å². The molecule has 0 saturated heterocycles. The molecule has 2 unspecified atom stereocenters. The lowest BCUT2D eigenvalue weighted by atomic mass is 10.1. The molecule has 2 atom stereocenters. The van der Waals surface area contributed by atoms with E-state index in [0.717, 1.165) is 22.7 Å². The molecule has 0 spiro atoms. The van der Waals surface area contributed by atoms with Crippen LogP contribution in [0.3, 0.4) is 0 Å². The molecule has 1 aromatic heterocycles. The molecule has 1 rings (SSSR count). The largest absolute Gasteiger partial charge is 0.393 e. The third-order valence-corrected chi connectivity index (χ3v) is 2.55. The number of aryl methyl sites for hydroxylation is 1. The Labute approximate surface area is 105 Å². The van der Waals surface area contributed by atoms with Gasteiger partial charge in [-0.15, -0.1) is 0 Å². The van der Waals surface area contributed by atoms with Crippen LogP contribution in [-0.2, 0) is 6.42 Å². The van der Waals surface area contributed by atoms with E-state index in [1.54, 1.807) is 6.92 Å². The van der Waals surface area contributed by atoms with E-state index in [9.17, 15) is 5.11 Å². The van der Waals surface area contributed by atoms with Crippen LogP contribution in [0.25, 0.3) is 0 Å². The van der Waals surface area contributed by atoms with Crippen LogP contribution in [0.15, 0.2) is 10.7 Å². The summed E-state index contributed by atoms with van der Waals surface area (Å²) in [5, 5.41) is 12.5. The van der Waals surface area contributed by atoms with Crippen LogP contribution in [0.1, 0.15) is 33.0 Å². The first-order valence-electron chi connectivity index (χ1n) is 5.49. The Kier molecular flexibility index (Phi) is 5.15. The van der Waals surface area contributed by atoms with Gasteiger partial charge in [0.25, 0.3) is 0 Å². The molecule has 0 saturated carbocycles. The van der Waals surface area contributed by atoms with Crippen LogP contribution in [0, 0.1) is 0 Å². The van der Waals surface area contributed by atoms with Crippen LogP contribution < -0.4 is 5.32 Å². The Hall–Kier alpha value is -0.680. The summed E-state index contributed by atoms with van der Waals surface area (Å²) >= 11 is 3.35. The lowest BCUT2D eigenvalue weighted by Crippen LogP contribution is -2.21. The summed E-state index contributed by atoms with van der Waals surface area (Å²) in [4.78, 5) is 8.60. The fraction of sp³-hybridized carbons (Fsp3) is 0.636. The van der Waals surface area contributed by atoms with E-state index in [1.165, 1.54) is 0 Å². The number of rotatable bonds is 5. The smallest absolute Gasteiger partial charge is 0.131 e. The second kappa shape index (κ2) is 6.15. The van der Waals surface area contributed by atoms with Crippen molar-refractivity contribution in [2.24, 2.45) is 0 Å². The van der Waals surface area contributed by atoms with Crippen molar-refractivity contribution in [2.45, 2.75) is 45.8 Å². The molecular formula is C11H18BrN3O. The summed E-state index contributed by atoms with van der Waals surface area (Å²) in [5.41, 5.74) is 0. The summed E-state index contributed by atoms with van der Waals surface area (Å²) in [7, 11) is 0. The molecule has 2 N–H and O–H groups in total. The van der Waals surface area contributed by atoms with E-state index in [0.29, 0.717) is 6.42 Å². The minimum atomic E-state index is -0.307. The van der Waals surface area contributed by atoms with Crippen molar-refractivity contribution in [1.29, 1.82) is 0 Å². The molecule has 0 aliphatic heterocycles. The minimum absolute atomic E-state index is 0.187. The zero-order chi connectivity index (χ0) is 12.1. The van der Waals surface area contributed by atoms with Crippen molar-refractivity contribution in [3.05, 3.63) is 16.5 Å². The van der Waals surface area contributed by atoms with Crippen molar-refractivity contribution in [2.75, 3.05) is 5.32 Å². The van der Waals surface area contributed by atoms with Crippen LogP contribution in [0.2, 0.25) is 0 Å². The number of nitrogens with zero attached hydrogens (tertiary/aromatic N) is 2. The molecular weight excluding hydrogens is 270 g/mol. The maximum absolute atomic E-state index is 9.27. The second-order valence-electron chi connectivity index (χ2n) is 3.98. The Morgan fingerprint density at radius 2 is 2.12 bits per heavy atom. The predicted octanol–water partition coefficient (Wildman–Crippen LogP) is 2.37. The number of hydrogen-bond donors (Lipinski definition) is 2. The maximum atomic E-state index is 9.27. The molecule has 16 heavy (non-hydrogen) atoms. The predicted molar refractivity (Wildman–Crippen MR) is 68.5 cm³/mol. The van der Waals surface area contributed by atoms with Gasteiger partial charge < -0.3 is 10.4 Å². The Balaban J connectivity index is 2.69. The van der Waals surface area contributed by atoms with Gasteiger partial charge in [0.05, 0.1) is 6.10 Å². The third-order valence-electron chi connectivity index (χ3n) is 2.15. The quantitative estimate of drug-likeness (QED) is 0.817. The Morgan fingerprint density at radius 1 is 1.44 bits per heavy atom. The van der Waals surface area contributed by atoms with E-state index < -0.39 is 0 Å². The van der Waals surface area contributed by atoms with Gasteiger partial charge in [-0.1, -0.05) is 6.92 Å². The highest BCUT2D eigenvalue weighted by Gasteiger charge is 2.08. The summed E-state index contributed by atoms with van der Waals surface area (Å²) in [6, 6.07) is 2.03. The first-order valence-corrected chi connectivity index (χ1v) is 6.28. The van der Waals surface area contributed by atoms with E-state index in [2.05, 4.69) is 31.2 Å².